The van der Waals surface area contributed by atoms with Gasteiger partial charge in [-0.3, -0.25) is 9.88 Å². The summed E-state index contributed by atoms with van der Waals surface area (Å²) in [5.74, 6) is 1.84. The van der Waals surface area contributed by atoms with Crippen molar-refractivity contribution in [3.63, 3.8) is 0 Å². The van der Waals surface area contributed by atoms with Crippen molar-refractivity contribution in [3.8, 4) is 11.6 Å². The molecule has 1 aromatic carbocycles. The van der Waals surface area contributed by atoms with E-state index >= 15 is 0 Å². The molecule has 1 saturated heterocycles. The van der Waals surface area contributed by atoms with Crippen molar-refractivity contribution in [3.05, 3.63) is 65.6 Å². The Morgan fingerprint density at radius 1 is 1.06 bits per heavy atom. The fourth-order valence-corrected chi connectivity index (χ4v) is 3.61. The van der Waals surface area contributed by atoms with E-state index in [1.165, 1.54) is 11.1 Å². The van der Waals surface area contributed by atoms with E-state index < -0.39 is 0 Å². The lowest BCUT2D eigenvalue weighted by Gasteiger charge is -2.27. The largest absolute Gasteiger partial charge is 0.379 e. The molecule has 3 heterocycles. The van der Waals surface area contributed by atoms with Gasteiger partial charge in [0.2, 0.25) is 0 Å². The summed E-state index contributed by atoms with van der Waals surface area (Å²) < 4.78 is 10.8. The summed E-state index contributed by atoms with van der Waals surface area (Å²) in [6, 6.07) is 14.1. The monoisotopic (exact) mass is 449 g/mol. The minimum atomic E-state index is 0.433. The van der Waals surface area contributed by atoms with E-state index in [-0.39, 0.29) is 0 Å². The second-order valence-electron chi connectivity index (χ2n) is 7.76. The molecule has 0 bridgehead atoms. The van der Waals surface area contributed by atoms with Crippen LogP contribution in [-0.4, -0.2) is 65.4 Å². The number of nitrogens with zero attached hydrogens (tertiary/aromatic N) is 5. The molecule has 4 rings (SSSR count). The second kappa shape index (κ2) is 12.1. The van der Waals surface area contributed by atoms with Crippen LogP contribution in [-0.2, 0) is 24.2 Å². The highest BCUT2D eigenvalue weighted by molar-refractivity contribution is 5.79. The average Bonchev–Trinajstić information content (AvgIpc) is 3.33. The normalized spacial score (nSPS) is 14.9. The van der Waals surface area contributed by atoms with Gasteiger partial charge in [-0.1, -0.05) is 35.5 Å². The molecular formula is C24H31N7O2. The Bertz CT molecular complexity index is 1020. The molecule has 0 spiro atoms. The topological polar surface area (TPSA) is 101 Å². The zero-order valence-electron chi connectivity index (χ0n) is 19.0. The Morgan fingerprint density at radius 2 is 1.88 bits per heavy atom. The Morgan fingerprint density at radius 3 is 2.67 bits per heavy atom. The molecule has 1 fully saturated rings. The number of aromatic nitrogens is 3. The molecule has 0 aliphatic carbocycles. The lowest BCUT2D eigenvalue weighted by molar-refractivity contribution is 0.0341. The van der Waals surface area contributed by atoms with E-state index in [0.717, 1.165) is 45.4 Å². The number of guanidine groups is 1. The van der Waals surface area contributed by atoms with Crippen molar-refractivity contribution in [1.82, 2.24) is 30.7 Å². The lowest BCUT2D eigenvalue weighted by atomic mass is 10.1. The van der Waals surface area contributed by atoms with Crippen LogP contribution in [0.15, 0.2) is 58.2 Å². The summed E-state index contributed by atoms with van der Waals surface area (Å²) in [4.78, 5) is 15.9. The van der Waals surface area contributed by atoms with E-state index in [4.69, 9.17) is 14.3 Å². The highest BCUT2D eigenvalue weighted by Crippen LogP contribution is 2.15. The molecular weight excluding hydrogens is 418 g/mol. The smallest absolute Gasteiger partial charge is 0.276 e. The second-order valence-corrected chi connectivity index (χ2v) is 7.76. The van der Waals surface area contributed by atoms with Gasteiger partial charge in [0.1, 0.15) is 5.69 Å². The Kier molecular flexibility index (Phi) is 8.37. The number of pyridine rings is 1. The van der Waals surface area contributed by atoms with Crippen molar-refractivity contribution in [2.75, 3.05) is 39.4 Å². The molecule has 0 saturated carbocycles. The summed E-state index contributed by atoms with van der Waals surface area (Å²) in [5.41, 5.74) is 3.22. The van der Waals surface area contributed by atoms with Gasteiger partial charge in [-0.15, -0.1) is 0 Å². The van der Waals surface area contributed by atoms with E-state index in [9.17, 15) is 0 Å². The zero-order chi connectivity index (χ0) is 22.7. The van der Waals surface area contributed by atoms with Gasteiger partial charge in [0.25, 0.3) is 5.89 Å². The Balaban J connectivity index is 1.32. The Labute approximate surface area is 194 Å². The van der Waals surface area contributed by atoms with E-state index in [1.54, 1.807) is 6.20 Å². The van der Waals surface area contributed by atoms with Gasteiger partial charge < -0.3 is 19.9 Å². The maximum Gasteiger partial charge on any atom is 0.276 e. The van der Waals surface area contributed by atoms with Gasteiger partial charge >= 0.3 is 0 Å². The molecule has 33 heavy (non-hydrogen) atoms. The maximum absolute atomic E-state index is 5.47. The van der Waals surface area contributed by atoms with Crippen LogP contribution >= 0.6 is 0 Å². The molecule has 2 N–H and O–H groups in total. The molecule has 0 amide bonds. The Hall–Kier alpha value is -3.30. The first kappa shape index (κ1) is 22.9. The van der Waals surface area contributed by atoms with Crippen LogP contribution in [0.25, 0.3) is 11.6 Å². The predicted octanol–water partition coefficient (Wildman–Crippen LogP) is 2.26. The van der Waals surface area contributed by atoms with Gasteiger partial charge in [-0.2, -0.15) is 4.98 Å². The average molecular weight is 450 g/mol. The van der Waals surface area contributed by atoms with E-state index in [0.29, 0.717) is 36.9 Å². The van der Waals surface area contributed by atoms with Gasteiger partial charge in [-0.25, -0.2) is 4.99 Å². The van der Waals surface area contributed by atoms with Gasteiger partial charge in [0.05, 0.1) is 19.8 Å². The molecule has 3 aromatic rings. The van der Waals surface area contributed by atoms with Crippen LogP contribution in [0.1, 0.15) is 23.9 Å². The maximum atomic E-state index is 5.47. The number of aliphatic imine (C=N–C) groups is 1. The summed E-state index contributed by atoms with van der Waals surface area (Å²) in [6.07, 6.45) is 2.33. The number of morpholine rings is 1. The molecule has 0 radical (unpaired) electrons. The zero-order valence-corrected chi connectivity index (χ0v) is 19.0. The number of rotatable bonds is 9. The molecule has 1 aliphatic heterocycles. The number of nitrogens with one attached hydrogen (secondary N) is 2. The van der Waals surface area contributed by atoms with Crippen LogP contribution in [0.3, 0.4) is 0 Å². The summed E-state index contributed by atoms with van der Waals surface area (Å²) in [5, 5.41) is 10.7. The van der Waals surface area contributed by atoms with Crippen LogP contribution in [0.5, 0.6) is 0 Å². The fraction of sp³-hybridized carbons (Fsp3) is 0.417. The first-order valence-corrected chi connectivity index (χ1v) is 11.4. The fourth-order valence-electron chi connectivity index (χ4n) is 3.61. The standard InChI is InChI=1S/C24H31N7O2/c1-2-25-24(27-12-10-22-29-23(33-30-22)21-9-5-6-11-26-21)28-17-19-7-3-4-8-20(19)18-31-13-15-32-16-14-31/h3-9,11H,2,10,12-18H2,1H3,(H2,25,27,28). The van der Waals surface area contributed by atoms with Crippen molar-refractivity contribution in [2.24, 2.45) is 4.99 Å². The highest BCUT2D eigenvalue weighted by atomic mass is 16.5. The third kappa shape index (κ3) is 6.84. The molecule has 2 aromatic heterocycles. The van der Waals surface area contributed by atoms with Crippen LogP contribution in [0, 0.1) is 0 Å². The van der Waals surface area contributed by atoms with Crippen molar-refractivity contribution >= 4 is 5.96 Å². The molecule has 0 unspecified atom stereocenters. The number of hydrogen-bond donors (Lipinski definition) is 2. The minimum Gasteiger partial charge on any atom is -0.379 e. The number of ether oxygens (including phenoxy) is 1. The summed E-state index contributed by atoms with van der Waals surface area (Å²) in [7, 11) is 0. The summed E-state index contributed by atoms with van der Waals surface area (Å²) >= 11 is 0. The quantitative estimate of drug-likeness (QED) is 0.379. The van der Waals surface area contributed by atoms with Crippen molar-refractivity contribution in [1.29, 1.82) is 0 Å². The van der Waals surface area contributed by atoms with Gasteiger partial charge in [0.15, 0.2) is 11.8 Å². The molecule has 1 aliphatic rings. The van der Waals surface area contributed by atoms with E-state index in [1.807, 2.05) is 18.2 Å². The number of hydrogen-bond acceptors (Lipinski definition) is 7. The van der Waals surface area contributed by atoms with Crippen molar-refractivity contribution in [2.45, 2.75) is 26.4 Å². The minimum absolute atomic E-state index is 0.433. The van der Waals surface area contributed by atoms with Gasteiger partial charge in [0, 0.05) is 45.3 Å². The molecule has 174 valence electrons. The third-order valence-corrected chi connectivity index (χ3v) is 5.36. The lowest BCUT2D eigenvalue weighted by Crippen LogP contribution is -2.38. The third-order valence-electron chi connectivity index (χ3n) is 5.36. The first-order chi connectivity index (χ1) is 16.3. The van der Waals surface area contributed by atoms with Crippen LogP contribution < -0.4 is 10.6 Å². The van der Waals surface area contributed by atoms with Crippen LogP contribution in [0.2, 0.25) is 0 Å². The van der Waals surface area contributed by atoms with Crippen molar-refractivity contribution < 1.29 is 9.26 Å². The van der Waals surface area contributed by atoms with E-state index in [2.05, 4.69) is 61.8 Å². The number of benzene rings is 1. The highest BCUT2D eigenvalue weighted by Gasteiger charge is 2.13. The first-order valence-electron chi connectivity index (χ1n) is 11.4. The predicted molar refractivity (Wildman–Crippen MR) is 127 cm³/mol. The summed E-state index contributed by atoms with van der Waals surface area (Å²) in [6.45, 7) is 8.58. The SMILES string of the molecule is CCNC(=NCc1ccccc1CN1CCOCC1)NCCc1noc(-c2ccccn2)n1. The molecule has 9 heteroatoms. The molecule has 9 nitrogen and oxygen atoms in total. The van der Waals surface area contributed by atoms with Gasteiger partial charge in [-0.05, 0) is 30.2 Å². The van der Waals surface area contributed by atoms with Crippen LogP contribution in [0.4, 0.5) is 0 Å². The molecule has 0 atom stereocenters.